The number of carbonyl (C=O) groups excluding carboxylic acids is 1. The third kappa shape index (κ3) is 7.85. The average Bonchev–Trinajstić information content (AvgIpc) is 3.76. The number of phenolic OH excluding ortho intramolecular Hbond substituents is 1. The van der Waals surface area contributed by atoms with Crippen molar-refractivity contribution in [3.63, 3.8) is 0 Å². The van der Waals surface area contributed by atoms with Gasteiger partial charge in [0.05, 0.1) is 30.7 Å². The summed E-state index contributed by atoms with van der Waals surface area (Å²) in [5.41, 5.74) is 16.3. The number of phenols is 1. The Kier molecular flexibility index (Phi) is 10.7. The molecule has 0 spiro atoms. The summed E-state index contributed by atoms with van der Waals surface area (Å²) in [5, 5.41) is 14.5. The van der Waals surface area contributed by atoms with Gasteiger partial charge in [0.2, 0.25) is 5.88 Å². The molecule has 4 aliphatic heterocycles. The van der Waals surface area contributed by atoms with Gasteiger partial charge in [0, 0.05) is 99.6 Å². The highest BCUT2D eigenvalue weighted by molar-refractivity contribution is 5.77. The molecule has 15 nitrogen and oxygen atoms in total. The quantitative estimate of drug-likeness (QED) is 0.177. The van der Waals surface area contributed by atoms with Gasteiger partial charge in [0.25, 0.3) is 5.88 Å². The molecule has 3 aromatic rings. The maximum atomic E-state index is 12.2. The number of nitrogens with two attached hydrogens (primary N) is 1. The summed E-state index contributed by atoms with van der Waals surface area (Å²) in [6.45, 7) is 7.66. The fourth-order valence-corrected chi connectivity index (χ4v) is 9.67. The van der Waals surface area contributed by atoms with Crippen LogP contribution >= 0.6 is 0 Å². The first-order chi connectivity index (χ1) is 28.2. The summed E-state index contributed by atoms with van der Waals surface area (Å²) in [4.78, 5) is 24.3. The molecule has 58 heavy (non-hydrogen) atoms. The molecule has 5 fully saturated rings. The number of pyridine rings is 1. The minimum absolute atomic E-state index is 0.0254. The van der Waals surface area contributed by atoms with E-state index in [0.717, 1.165) is 100 Å². The van der Waals surface area contributed by atoms with Gasteiger partial charge in [-0.15, -0.1) is 0 Å². The molecular weight excluding hydrogens is 741 g/mol. The number of hydrogen-bond donors (Lipinski definition) is 4. The number of aromatic nitrogens is 2. The van der Waals surface area contributed by atoms with E-state index in [2.05, 4.69) is 47.8 Å². The van der Waals surface area contributed by atoms with Crippen LogP contribution in [0.15, 0.2) is 70.8 Å². The van der Waals surface area contributed by atoms with Gasteiger partial charge in [0.1, 0.15) is 29.7 Å². The second kappa shape index (κ2) is 16.2. The zero-order valence-electron chi connectivity index (χ0n) is 33.6. The molecule has 6 aliphatic rings. The van der Waals surface area contributed by atoms with Crippen molar-refractivity contribution in [2.45, 2.75) is 114 Å². The first kappa shape index (κ1) is 38.4. The number of nitrogens with one attached hydrogen (secondary N) is 2. The number of rotatable bonds is 13. The monoisotopic (exact) mass is 796 g/mol. The lowest BCUT2D eigenvalue weighted by Gasteiger charge is -2.46. The van der Waals surface area contributed by atoms with Gasteiger partial charge >= 0.3 is 5.97 Å². The van der Waals surface area contributed by atoms with Gasteiger partial charge < -0.3 is 44.1 Å². The number of esters is 1. The second-order valence-electron chi connectivity index (χ2n) is 17.1. The first-order valence-corrected chi connectivity index (χ1v) is 21.0. The molecule has 1 aromatic carbocycles. The third-order valence-corrected chi connectivity index (χ3v) is 12.9. The molecule has 2 bridgehead atoms. The van der Waals surface area contributed by atoms with Crippen LogP contribution in [0.3, 0.4) is 0 Å². The molecule has 310 valence electrons. The molecule has 2 saturated carbocycles. The van der Waals surface area contributed by atoms with Crippen molar-refractivity contribution >= 4 is 17.4 Å². The molecule has 2 aliphatic carbocycles. The van der Waals surface area contributed by atoms with Crippen molar-refractivity contribution in [2.75, 3.05) is 38.2 Å². The molecule has 6 heterocycles. The van der Waals surface area contributed by atoms with Crippen molar-refractivity contribution < 1.29 is 33.4 Å². The SMILES string of the molecule is COC(=O)C(c1cc(OC2CC(N3CCC(OC4CC(Oc5cc(N6C7CCC6CN(C6=C(N)NNC(c8ccccc8O)=C6)C7)ccn5)C4)CC3)C2)no1)C(C)C. The molecule has 9 rings (SSSR count). The number of piperidine rings is 1. The summed E-state index contributed by atoms with van der Waals surface area (Å²) >= 11 is 0. The summed E-state index contributed by atoms with van der Waals surface area (Å²) in [6.07, 6.45) is 12.6. The van der Waals surface area contributed by atoms with Crippen molar-refractivity contribution in [2.24, 2.45) is 11.7 Å². The summed E-state index contributed by atoms with van der Waals surface area (Å²) in [5.74, 6) is 1.58. The van der Waals surface area contributed by atoms with Crippen molar-refractivity contribution in [3.8, 4) is 17.5 Å². The molecule has 0 radical (unpaired) electrons. The number of piperazine rings is 1. The number of hydrazine groups is 1. The van der Waals surface area contributed by atoms with Gasteiger partial charge in [-0.3, -0.25) is 20.5 Å². The Labute approximate surface area is 339 Å². The highest BCUT2D eigenvalue weighted by Crippen LogP contribution is 2.40. The van der Waals surface area contributed by atoms with E-state index in [1.807, 2.05) is 44.3 Å². The Bertz CT molecular complexity index is 1990. The summed E-state index contributed by atoms with van der Waals surface area (Å²) < 4.78 is 29.5. The minimum Gasteiger partial charge on any atom is -0.507 e. The Morgan fingerprint density at radius 3 is 2.34 bits per heavy atom. The molecule has 5 N–H and O–H groups in total. The fourth-order valence-electron chi connectivity index (χ4n) is 9.67. The highest BCUT2D eigenvalue weighted by Gasteiger charge is 2.43. The smallest absolute Gasteiger partial charge is 0.316 e. The summed E-state index contributed by atoms with van der Waals surface area (Å²) in [7, 11) is 1.39. The molecule has 2 aromatic heterocycles. The zero-order valence-corrected chi connectivity index (χ0v) is 33.6. The number of aromatic hydroxyl groups is 1. The number of para-hydroxylation sites is 1. The van der Waals surface area contributed by atoms with Gasteiger partial charge in [-0.25, -0.2) is 4.98 Å². The van der Waals surface area contributed by atoms with Crippen LogP contribution in [0.1, 0.15) is 82.5 Å². The largest absolute Gasteiger partial charge is 0.507 e. The maximum Gasteiger partial charge on any atom is 0.316 e. The number of ether oxygens (including phenoxy) is 4. The van der Waals surface area contributed by atoms with Crippen LogP contribution in [0.25, 0.3) is 5.70 Å². The lowest BCUT2D eigenvalue weighted by Crippen LogP contribution is -2.54. The maximum absolute atomic E-state index is 12.2. The number of allylic oxidation sites excluding steroid dienone is 1. The lowest BCUT2D eigenvalue weighted by atomic mass is 9.86. The number of carbonyl (C=O) groups is 1. The Balaban J connectivity index is 0.703. The van der Waals surface area contributed by atoms with Crippen LogP contribution in [-0.2, 0) is 14.3 Å². The standard InChI is InChI=1S/C43H56N8O7/c1-25(2)41(43(53)54-3)38-22-40(48-58-38)57-31-16-29(17-31)49-14-11-30(12-15-49)55-32-19-33(20-32)56-39-18-26(10-13-45-39)51-27-8-9-28(51)24-50(23-27)36-21-35(46-47-42(36)44)34-6-4-5-7-37(34)52/h4-7,10,13,18,21-22,25,27-33,41,46-47,52H,8-9,11-12,14-17,19-20,23-24,44H2,1-3H3. The van der Waals surface area contributed by atoms with Gasteiger partial charge in [-0.1, -0.05) is 26.0 Å². The van der Waals surface area contributed by atoms with E-state index in [4.69, 9.17) is 29.2 Å². The molecular formula is C43H56N8O7. The first-order valence-electron chi connectivity index (χ1n) is 21.0. The van der Waals surface area contributed by atoms with Gasteiger partial charge in [-0.2, -0.15) is 0 Å². The number of methoxy groups -OCH3 is 1. The topological polar surface area (TPSA) is 173 Å². The summed E-state index contributed by atoms with van der Waals surface area (Å²) in [6, 6.07) is 14.4. The van der Waals surface area contributed by atoms with Crippen LogP contribution in [0.4, 0.5) is 5.69 Å². The van der Waals surface area contributed by atoms with E-state index in [1.54, 1.807) is 12.1 Å². The van der Waals surface area contributed by atoms with E-state index in [1.165, 1.54) is 7.11 Å². The zero-order chi connectivity index (χ0) is 39.9. The molecule has 3 atom stereocenters. The Morgan fingerprint density at radius 1 is 0.897 bits per heavy atom. The number of anilines is 1. The number of fused-ring (bicyclic) bond motifs is 2. The van der Waals surface area contributed by atoms with Crippen LogP contribution < -0.4 is 31.0 Å². The van der Waals surface area contributed by atoms with Crippen LogP contribution in [-0.4, -0.2) is 107 Å². The Hall–Kier alpha value is -5.15. The molecule has 0 amide bonds. The van der Waals surface area contributed by atoms with Gasteiger partial charge in [-0.05, 0) is 61.0 Å². The van der Waals surface area contributed by atoms with Crippen LogP contribution in [0.5, 0.6) is 17.5 Å². The van der Waals surface area contributed by atoms with Gasteiger partial charge in [0.15, 0.2) is 5.76 Å². The third-order valence-electron chi connectivity index (χ3n) is 12.9. The number of nitrogens with zero attached hydrogens (tertiary/aromatic N) is 5. The number of benzene rings is 1. The van der Waals surface area contributed by atoms with E-state index in [9.17, 15) is 9.90 Å². The van der Waals surface area contributed by atoms with E-state index >= 15 is 0 Å². The number of likely N-dealkylation sites (tertiary alicyclic amines) is 2. The average molecular weight is 797 g/mol. The van der Waals surface area contributed by atoms with Crippen LogP contribution in [0, 0.1) is 5.92 Å². The van der Waals surface area contributed by atoms with Crippen molar-refractivity contribution in [3.05, 3.63) is 77.6 Å². The van der Waals surface area contributed by atoms with Crippen LogP contribution in [0.2, 0.25) is 0 Å². The van der Waals surface area contributed by atoms with E-state index in [0.29, 0.717) is 41.5 Å². The Morgan fingerprint density at radius 2 is 1.62 bits per heavy atom. The highest BCUT2D eigenvalue weighted by atomic mass is 16.6. The number of hydrogen-bond acceptors (Lipinski definition) is 15. The molecule has 3 saturated heterocycles. The fraction of sp³-hybridized carbons (Fsp3) is 0.558. The predicted molar refractivity (Wildman–Crippen MR) is 215 cm³/mol. The van der Waals surface area contributed by atoms with E-state index < -0.39 is 5.92 Å². The minimum atomic E-state index is -0.497. The molecule has 15 heteroatoms. The normalized spacial score (nSPS) is 27.9. The van der Waals surface area contributed by atoms with E-state index in [-0.39, 0.29) is 42.1 Å². The predicted octanol–water partition coefficient (Wildman–Crippen LogP) is 4.62. The lowest BCUT2D eigenvalue weighted by molar-refractivity contribution is -0.144. The van der Waals surface area contributed by atoms with Crippen molar-refractivity contribution in [1.29, 1.82) is 0 Å². The molecule has 3 unspecified atom stereocenters. The second-order valence-corrected chi connectivity index (χ2v) is 17.1. The van der Waals surface area contributed by atoms with Crippen molar-refractivity contribution in [1.82, 2.24) is 30.8 Å².